The van der Waals surface area contributed by atoms with Gasteiger partial charge in [0, 0.05) is 25.4 Å². The number of rotatable bonds is 3. The van der Waals surface area contributed by atoms with Crippen LogP contribution in [0.15, 0.2) is 30.5 Å². The van der Waals surface area contributed by atoms with Crippen molar-refractivity contribution in [3.8, 4) is 5.75 Å². The number of ether oxygens (including phenoxy) is 1. The Morgan fingerprint density at radius 1 is 1.38 bits per heavy atom. The van der Waals surface area contributed by atoms with Crippen LogP contribution in [-0.2, 0) is 13.6 Å². The summed E-state index contributed by atoms with van der Waals surface area (Å²) in [5, 5.41) is 4.31. The summed E-state index contributed by atoms with van der Waals surface area (Å²) < 4.78 is 7.66. The van der Waals surface area contributed by atoms with E-state index in [4.69, 9.17) is 4.74 Å². The SMILES string of the molecule is Cc1nn(C)cc1C(=O)N1Cc2ccccc2OC[C@H]1CN(C)C. The third-order valence-electron chi connectivity index (χ3n) is 4.27. The van der Waals surface area contributed by atoms with Gasteiger partial charge in [0.2, 0.25) is 0 Å². The van der Waals surface area contributed by atoms with E-state index in [2.05, 4.69) is 10.00 Å². The Kier molecular flexibility index (Phi) is 4.57. The van der Waals surface area contributed by atoms with Crippen molar-refractivity contribution >= 4 is 5.91 Å². The van der Waals surface area contributed by atoms with Gasteiger partial charge in [0.05, 0.1) is 23.8 Å². The van der Waals surface area contributed by atoms with Crippen molar-refractivity contribution in [3.05, 3.63) is 47.3 Å². The molecule has 0 spiro atoms. The van der Waals surface area contributed by atoms with Gasteiger partial charge in [0.25, 0.3) is 5.91 Å². The largest absolute Gasteiger partial charge is 0.491 e. The molecule has 3 rings (SSSR count). The zero-order chi connectivity index (χ0) is 17.3. The van der Waals surface area contributed by atoms with Crippen LogP contribution in [0.3, 0.4) is 0 Å². The Morgan fingerprint density at radius 2 is 2.12 bits per heavy atom. The van der Waals surface area contributed by atoms with E-state index in [0.29, 0.717) is 18.7 Å². The molecular weight excluding hydrogens is 304 g/mol. The lowest BCUT2D eigenvalue weighted by Gasteiger charge is -2.31. The first kappa shape index (κ1) is 16.5. The zero-order valence-electron chi connectivity index (χ0n) is 14.7. The minimum absolute atomic E-state index is 0.00718. The van der Waals surface area contributed by atoms with Gasteiger partial charge in [-0.2, -0.15) is 5.10 Å². The molecule has 0 radical (unpaired) electrons. The lowest BCUT2D eigenvalue weighted by Crippen LogP contribution is -2.47. The molecule has 0 unspecified atom stereocenters. The summed E-state index contributed by atoms with van der Waals surface area (Å²) in [6, 6.07) is 7.91. The minimum Gasteiger partial charge on any atom is -0.491 e. The highest BCUT2D eigenvalue weighted by atomic mass is 16.5. The first-order valence-electron chi connectivity index (χ1n) is 8.12. The number of hydrogen-bond acceptors (Lipinski definition) is 4. The second-order valence-corrected chi connectivity index (χ2v) is 6.57. The van der Waals surface area contributed by atoms with E-state index in [1.54, 1.807) is 10.9 Å². The van der Waals surface area contributed by atoms with E-state index in [-0.39, 0.29) is 11.9 Å². The molecule has 0 aliphatic carbocycles. The summed E-state index contributed by atoms with van der Waals surface area (Å²) in [6.45, 7) is 3.65. The highest BCUT2D eigenvalue weighted by Crippen LogP contribution is 2.26. The molecule has 1 amide bonds. The summed E-state index contributed by atoms with van der Waals surface area (Å²) in [5.74, 6) is 0.868. The Morgan fingerprint density at radius 3 is 2.79 bits per heavy atom. The summed E-state index contributed by atoms with van der Waals surface area (Å²) in [6.07, 6.45) is 1.79. The fourth-order valence-corrected chi connectivity index (χ4v) is 3.14. The molecule has 1 aliphatic rings. The fraction of sp³-hybridized carbons (Fsp3) is 0.444. The van der Waals surface area contributed by atoms with Crippen LogP contribution in [0.4, 0.5) is 0 Å². The van der Waals surface area contributed by atoms with Crippen molar-refractivity contribution in [1.82, 2.24) is 19.6 Å². The molecule has 6 heteroatoms. The quantitative estimate of drug-likeness (QED) is 0.860. The van der Waals surface area contributed by atoms with E-state index < -0.39 is 0 Å². The lowest BCUT2D eigenvalue weighted by molar-refractivity contribution is 0.0582. The second-order valence-electron chi connectivity index (χ2n) is 6.57. The van der Waals surface area contributed by atoms with Crippen molar-refractivity contribution in [2.45, 2.75) is 19.5 Å². The Hall–Kier alpha value is -2.34. The van der Waals surface area contributed by atoms with Crippen LogP contribution >= 0.6 is 0 Å². The highest BCUT2D eigenvalue weighted by Gasteiger charge is 2.31. The van der Waals surface area contributed by atoms with E-state index in [0.717, 1.165) is 23.6 Å². The number of carbonyl (C=O) groups excluding carboxylic acids is 1. The van der Waals surface area contributed by atoms with Gasteiger partial charge in [-0.05, 0) is 27.1 Å². The standard InChI is InChI=1S/C18H24N4O2/c1-13-16(11-21(4)19-13)18(23)22-9-14-7-5-6-8-17(14)24-12-15(22)10-20(2)3/h5-8,11,15H,9-10,12H2,1-4H3/t15-/m1/s1. The molecule has 2 aromatic rings. The van der Waals surface area contributed by atoms with E-state index in [9.17, 15) is 4.79 Å². The Balaban J connectivity index is 1.96. The molecule has 0 bridgehead atoms. The fourth-order valence-electron chi connectivity index (χ4n) is 3.14. The van der Waals surface area contributed by atoms with Crippen molar-refractivity contribution in [1.29, 1.82) is 0 Å². The van der Waals surface area contributed by atoms with Crippen LogP contribution in [0.25, 0.3) is 0 Å². The lowest BCUT2D eigenvalue weighted by atomic mass is 10.1. The average Bonchev–Trinajstić information content (AvgIpc) is 2.77. The molecule has 1 aliphatic heterocycles. The van der Waals surface area contributed by atoms with Gasteiger partial charge in [-0.15, -0.1) is 0 Å². The molecule has 1 aromatic heterocycles. The van der Waals surface area contributed by atoms with Gasteiger partial charge in [-0.3, -0.25) is 9.48 Å². The Labute approximate surface area is 142 Å². The van der Waals surface area contributed by atoms with Gasteiger partial charge in [-0.1, -0.05) is 18.2 Å². The van der Waals surface area contributed by atoms with Crippen molar-refractivity contribution in [2.24, 2.45) is 7.05 Å². The minimum atomic E-state index is -0.0143. The molecule has 0 N–H and O–H groups in total. The summed E-state index contributed by atoms with van der Waals surface area (Å²) in [7, 11) is 5.86. The second kappa shape index (κ2) is 6.65. The maximum atomic E-state index is 13.2. The topological polar surface area (TPSA) is 50.6 Å². The van der Waals surface area contributed by atoms with E-state index in [1.807, 2.05) is 57.2 Å². The number of benzene rings is 1. The molecule has 0 saturated heterocycles. The molecule has 6 nitrogen and oxygen atoms in total. The van der Waals surface area contributed by atoms with Crippen LogP contribution in [-0.4, -0.2) is 58.8 Å². The number of likely N-dealkylation sites (N-methyl/N-ethyl adjacent to an activating group) is 1. The number of aromatic nitrogens is 2. The van der Waals surface area contributed by atoms with Crippen LogP contribution in [0, 0.1) is 6.92 Å². The van der Waals surface area contributed by atoms with Gasteiger partial charge in [0.15, 0.2) is 0 Å². The molecule has 0 saturated carbocycles. The van der Waals surface area contributed by atoms with Crippen LogP contribution in [0.5, 0.6) is 5.75 Å². The molecule has 1 aromatic carbocycles. The number of aryl methyl sites for hydroxylation is 2. The predicted octanol–water partition coefficient (Wildman–Crippen LogP) is 1.69. The number of nitrogens with zero attached hydrogens (tertiary/aromatic N) is 4. The van der Waals surface area contributed by atoms with Crippen LogP contribution in [0.1, 0.15) is 21.6 Å². The molecule has 1 atom stereocenters. The van der Waals surface area contributed by atoms with E-state index in [1.165, 1.54) is 0 Å². The third-order valence-corrected chi connectivity index (χ3v) is 4.27. The molecule has 128 valence electrons. The highest BCUT2D eigenvalue weighted by molar-refractivity contribution is 5.95. The maximum absolute atomic E-state index is 13.2. The van der Waals surface area contributed by atoms with Gasteiger partial charge in [-0.25, -0.2) is 0 Å². The normalized spacial score (nSPS) is 17.4. The Bertz CT molecular complexity index is 738. The molecular formula is C18H24N4O2. The molecule has 24 heavy (non-hydrogen) atoms. The number of amides is 1. The number of para-hydroxylation sites is 1. The summed E-state index contributed by atoms with van der Waals surface area (Å²) in [5.41, 5.74) is 2.44. The monoisotopic (exact) mass is 328 g/mol. The maximum Gasteiger partial charge on any atom is 0.258 e. The van der Waals surface area contributed by atoms with Crippen LogP contribution < -0.4 is 4.74 Å². The molecule has 2 heterocycles. The summed E-state index contributed by atoms with van der Waals surface area (Å²) in [4.78, 5) is 17.2. The summed E-state index contributed by atoms with van der Waals surface area (Å²) >= 11 is 0. The van der Waals surface area contributed by atoms with Crippen molar-refractivity contribution in [2.75, 3.05) is 27.2 Å². The molecule has 0 fully saturated rings. The van der Waals surface area contributed by atoms with E-state index >= 15 is 0 Å². The first-order chi connectivity index (χ1) is 11.5. The first-order valence-corrected chi connectivity index (χ1v) is 8.12. The van der Waals surface area contributed by atoms with Crippen molar-refractivity contribution in [3.63, 3.8) is 0 Å². The number of fused-ring (bicyclic) bond motifs is 1. The smallest absolute Gasteiger partial charge is 0.258 e. The van der Waals surface area contributed by atoms with Crippen LogP contribution in [0.2, 0.25) is 0 Å². The zero-order valence-corrected chi connectivity index (χ0v) is 14.7. The van der Waals surface area contributed by atoms with Gasteiger partial charge < -0.3 is 14.5 Å². The predicted molar refractivity (Wildman–Crippen MR) is 92.1 cm³/mol. The van der Waals surface area contributed by atoms with Crippen molar-refractivity contribution < 1.29 is 9.53 Å². The van der Waals surface area contributed by atoms with Gasteiger partial charge >= 0.3 is 0 Å². The van der Waals surface area contributed by atoms with Gasteiger partial charge in [0.1, 0.15) is 12.4 Å². The third kappa shape index (κ3) is 3.28. The number of carbonyl (C=O) groups is 1. The number of hydrogen-bond donors (Lipinski definition) is 0. The average molecular weight is 328 g/mol.